The number of carbonyl (C=O) groups excluding carboxylic acids is 1. The van der Waals surface area contributed by atoms with Crippen LogP contribution in [0.3, 0.4) is 0 Å². The van der Waals surface area contributed by atoms with Gasteiger partial charge in [0, 0.05) is 131 Å². The first-order chi connectivity index (χ1) is 20.0. The smallest absolute Gasteiger partial charge is 0.218 e. The second kappa shape index (κ2) is 26.6. The van der Waals surface area contributed by atoms with E-state index < -0.39 is 0 Å². The maximum atomic E-state index is 11.5. The molecule has 1 rings (SSSR count). The molecule has 0 aromatic heterocycles. The first-order valence-corrected chi connectivity index (χ1v) is 15.5. The van der Waals surface area contributed by atoms with Gasteiger partial charge in [-0.05, 0) is 0 Å². The maximum absolute atomic E-state index is 11.5. The summed E-state index contributed by atoms with van der Waals surface area (Å²) in [6.07, 6.45) is 0.337. The minimum absolute atomic E-state index is 0.284. The third kappa shape index (κ3) is 21.3. The van der Waals surface area contributed by atoms with Crippen LogP contribution >= 0.6 is 0 Å². The van der Waals surface area contributed by atoms with E-state index in [2.05, 4.69) is 24.5 Å². The Labute approximate surface area is 248 Å². The topological polar surface area (TPSA) is 191 Å². The van der Waals surface area contributed by atoms with Gasteiger partial charge >= 0.3 is 0 Å². The quantitative estimate of drug-likeness (QED) is 0.158. The van der Waals surface area contributed by atoms with Gasteiger partial charge < -0.3 is 47.8 Å². The van der Waals surface area contributed by atoms with Gasteiger partial charge in [0.2, 0.25) is 5.91 Å². The predicted octanol–water partition coefficient (Wildman–Crippen LogP) is -3.73. The zero-order valence-electron chi connectivity index (χ0n) is 25.6. The van der Waals surface area contributed by atoms with Gasteiger partial charge in [-0.3, -0.25) is 24.4 Å². The van der Waals surface area contributed by atoms with Crippen molar-refractivity contribution in [2.24, 2.45) is 28.7 Å². The molecule has 0 unspecified atom stereocenters. The highest BCUT2D eigenvalue weighted by molar-refractivity contribution is 5.73. The average molecular weight is 591 g/mol. The van der Waals surface area contributed by atoms with Crippen LogP contribution in [0, 0.1) is 0 Å². The molecular weight excluding hydrogens is 528 g/mol. The Balaban J connectivity index is 2.80. The van der Waals surface area contributed by atoms with Gasteiger partial charge in [0.05, 0.1) is 39.6 Å². The summed E-state index contributed by atoms with van der Waals surface area (Å²) in [4.78, 5) is 23.0. The Hall–Kier alpha value is -1.01. The van der Waals surface area contributed by atoms with Gasteiger partial charge in [-0.25, -0.2) is 0 Å². The molecule has 1 saturated heterocycles. The molecule has 1 amide bonds. The standard InChI is InChI=1S/C27H62N10O4/c28-2-7-34-13-11-33(6-1-27(32)38)12-14-35(8-3-29)16-22-40-24-18-37(10-5-31)20-26-41-25-19-36(9-4-30)17-23-39-21-15-34/h1-26,28-31H2,(H2,32,38). The van der Waals surface area contributed by atoms with Crippen molar-refractivity contribution in [2.45, 2.75) is 6.42 Å². The summed E-state index contributed by atoms with van der Waals surface area (Å²) >= 11 is 0. The number of hydrogen-bond donors (Lipinski definition) is 5. The van der Waals surface area contributed by atoms with E-state index in [1.54, 1.807) is 0 Å². The van der Waals surface area contributed by atoms with Gasteiger partial charge in [0.15, 0.2) is 0 Å². The highest BCUT2D eigenvalue weighted by atomic mass is 16.5. The highest BCUT2D eigenvalue weighted by Crippen LogP contribution is 1.99. The lowest BCUT2D eigenvalue weighted by atomic mass is 10.3. The summed E-state index contributed by atoms with van der Waals surface area (Å²) in [5.74, 6) is -0.284. The van der Waals surface area contributed by atoms with Crippen molar-refractivity contribution in [3.8, 4) is 0 Å². The molecule has 0 aromatic rings. The molecule has 0 saturated carbocycles. The summed E-state index contributed by atoms with van der Waals surface area (Å²) in [7, 11) is 0. The predicted molar refractivity (Wildman–Crippen MR) is 165 cm³/mol. The molecule has 1 heterocycles. The summed E-state index contributed by atoms with van der Waals surface area (Å²) in [6, 6.07) is 0. The molecular formula is C27H62N10O4. The Bertz CT molecular complexity index is 570. The van der Waals surface area contributed by atoms with Gasteiger partial charge in [0.1, 0.15) is 0 Å². The van der Waals surface area contributed by atoms with E-state index in [1.165, 1.54) is 0 Å². The maximum Gasteiger partial charge on any atom is 0.218 e. The van der Waals surface area contributed by atoms with Crippen LogP contribution in [0.15, 0.2) is 0 Å². The normalized spacial score (nSPS) is 21.5. The number of nitrogens with zero attached hydrogens (tertiary/aromatic N) is 5. The summed E-state index contributed by atoms with van der Waals surface area (Å²) in [5.41, 5.74) is 28.9. The van der Waals surface area contributed by atoms with Crippen LogP contribution in [0.5, 0.6) is 0 Å². The monoisotopic (exact) mass is 590 g/mol. The zero-order chi connectivity index (χ0) is 30.0. The van der Waals surface area contributed by atoms with Crippen LogP contribution < -0.4 is 28.7 Å². The Morgan fingerprint density at radius 3 is 0.927 bits per heavy atom. The van der Waals surface area contributed by atoms with Gasteiger partial charge in [-0.2, -0.15) is 0 Å². The number of nitrogens with two attached hydrogens (primary N) is 5. The third-order valence-corrected chi connectivity index (χ3v) is 7.23. The highest BCUT2D eigenvalue weighted by Gasteiger charge is 2.14. The SMILES string of the molecule is NCCN1CCOCCN(CCN)CCOCCN(CCN)CCN(CCC(N)=O)CCN(CCN)CCOCC1. The minimum atomic E-state index is -0.284. The lowest BCUT2D eigenvalue weighted by Crippen LogP contribution is -2.44. The van der Waals surface area contributed by atoms with Crippen molar-refractivity contribution >= 4 is 5.91 Å². The minimum Gasteiger partial charge on any atom is -0.379 e. The lowest BCUT2D eigenvalue weighted by Gasteiger charge is -2.30. The van der Waals surface area contributed by atoms with Crippen molar-refractivity contribution in [2.75, 3.05) is 164 Å². The van der Waals surface area contributed by atoms with Crippen LogP contribution in [0.4, 0.5) is 0 Å². The molecule has 1 aliphatic heterocycles. The zero-order valence-corrected chi connectivity index (χ0v) is 25.6. The van der Waals surface area contributed by atoms with E-state index in [9.17, 15) is 4.79 Å². The van der Waals surface area contributed by atoms with E-state index in [-0.39, 0.29) is 5.91 Å². The molecule has 1 fully saturated rings. The van der Waals surface area contributed by atoms with E-state index in [0.717, 1.165) is 91.6 Å². The Kier molecular flexibility index (Phi) is 24.7. The molecule has 14 nitrogen and oxygen atoms in total. The van der Waals surface area contributed by atoms with E-state index in [1.807, 2.05) is 0 Å². The molecule has 14 heteroatoms. The molecule has 244 valence electrons. The van der Waals surface area contributed by atoms with Crippen LogP contribution in [0.25, 0.3) is 0 Å². The second-order valence-corrected chi connectivity index (χ2v) is 10.4. The van der Waals surface area contributed by atoms with Gasteiger partial charge in [-0.15, -0.1) is 0 Å². The van der Waals surface area contributed by atoms with Crippen LogP contribution in [-0.2, 0) is 19.0 Å². The van der Waals surface area contributed by atoms with E-state index in [0.29, 0.717) is 78.8 Å². The third-order valence-electron chi connectivity index (χ3n) is 7.23. The fraction of sp³-hybridized carbons (Fsp3) is 0.963. The molecule has 41 heavy (non-hydrogen) atoms. The number of amides is 1. The summed E-state index contributed by atoms with van der Waals surface area (Å²) in [5, 5.41) is 0. The number of carbonyl (C=O) groups is 1. The molecule has 0 aromatic carbocycles. The van der Waals surface area contributed by atoms with E-state index in [4.69, 9.17) is 42.9 Å². The number of rotatable bonds is 11. The largest absolute Gasteiger partial charge is 0.379 e. The van der Waals surface area contributed by atoms with Gasteiger partial charge in [-0.1, -0.05) is 0 Å². The number of primary amides is 1. The van der Waals surface area contributed by atoms with Crippen LogP contribution in [0.2, 0.25) is 0 Å². The summed E-state index contributed by atoms with van der Waals surface area (Å²) in [6.45, 7) is 18.3. The Morgan fingerprint density at radius 2 is 0.683 bits per heavy atom. The van der Waals surface area contributed by atoms with Crippen molar-refractivity contribution in [3.05, 3.63) is 0 Å². The summed E-state index contributed by atoms with van der Waals surface area (Å²) < 4.78 is 17.9. The number of ether oxygens (including phenoxy) is 3. The van der Waals surface area contributed by atoms with Gasteiger partial charge in [0.25, 0.3) is 0 Å². The molecule has 10 N–H and O–H groups in total. The van der Waals surface area contributed by atoms with Crippen molar-refractivity contribution in [1.29, 1.82) is 0 Å². The molecule has 0 radical (unpaired) electrons. The van der Waals surface area contributed by atoms with Crippen molar-refractivity contribution in [3.63, 3.8) is 0 Å². The molecule has 0 bridgehead atoms. The van der Waals surface area contributed by atoms with Crippen molar-refractivity contribution < 1.29 is 19.0 Å². The second-order valence-electron chi connectivity index (χ2n) is 10.4. The van der Waals surface area contributed by atoms with E-state index >= 15 is 0 Å². The fourth-order valence-electron chi connectivity index (χ4n) is 4.71. The molecule has 0 aliphatic carbocycles. The van der Waals surface area contributed by atoms with Crippen LogP contribution in [0.1, 0.15) is 6.42 Å². The van der Waals surface area contributed by atoms with Crippen LogP contribution in [-0.4, -0.2) is 194 Å². The Morgan fingerprint density at radius 1 is 0.439 bits per heavy atom. The molecule has 1 aliphatic rings. The van der Waals surface area contributed by atoms with Crippen molar-refractivity contribution in [1.82, 2.24) is 24.5 Å². The first-order valence-electron chi connectivity index (χ1n) is 15.5. The average Bonchev–Trinajstić information content (AvgIpc) is 2.95. The lowest BCUT2D eigenvalue weighted by molar-refractivity contribution is -0.118. The first kappa shape index (κ1) is 38.0. The molecule has 0 spiro atoms. The number of hydrogen-bond acceptors (Lipinski definition) is 13. The fourth-order valence-corrected chi connectivity index (χ4v) is 4.71. The molecule has 0 atom stereocenters.